The normalized spacial score (nSPS) is 17.9. The lowest BCUT2D eigenvalue weighted by Crippen LogP contribution is -2.26. The van der Waals surface area contributed by atoms with Gasteiger partial charge in [-0.15, -0.1) is 22.9 Å². The number of carbonyl (C=O) groups excluding carboxylic acids is 1. The van der Waals surface area contributed by atoms with Crippen LogP contribution in [0.15, 0.2) is 18.2 Å². The Kier molecular flexibility index (Phi) is 4.77. The third-order valence-corrected chi connectivity index (χ3v) is 5.31. The van der Waals surface area contributed by atoms with E-state index in [0.717, 1.165) is 10.1 Å². The van der Waals surface area contributed by atoms with Crippen LogP contribution in [0.2, 0.25) is 0 Å². The maximum absolute atomic E-state index is 12.0. The number of halogens is 1. The summed E-state index contributed by atoms with van der Waals surface area (Å²) in [4.78, 5) is 29.8. The first kappa shape index (κ1) is 17.5. The largest absolute Gasteiger partial charge is 0.461 e. The van der Waals surface area contributed by atoms with Gasteiger partial charge in [0.2, 0.25) is 0 Å². The second kappa shape index (κ2) is 6.54. The second-order valence-corrected chi connectivity index (χ2v) is 8.80. The zero-order valence-electron chi connectivity index (χ0n) is 12.5. The number of hydrogen-bond donors (Lipinski definition) is 2. The van der Waals surface area contributed by atoms with Gasteiger partial charge in [-0.3, -0.25) is 4.57 Å². The molecular weight excluding hydrogens is 379 g/mol. The summed E-state index contributed by atoms with van der Waals surface area (Å²) >= 11 is 7.16. The van der Waals surface area contributed by atoms with Gasteiger partial charge >= 0.3 is 13.6 Å². The van der Waals surface area contributed by atoms with E-state index in [-0.39, 0.29) is 12.0 Å². The Morgan fingerprint density at radius 2 is 2.04 bits per heavy atom. The first-order chi connectivity index (χ1) is 11.2. The van der Waals surface area contributed by atoms with Crippen LogP contribution in [-0.2, 0) is 9.30 Å². The summed E-state index contributed by atoms with van der Waals surface area (Å²) in [6.45, 7) is 1.43. The molecule has 1 aliphatic heterocycles. The second-order valence-electron chi connectivity index (χ2n) is 5.25. The van der Waals surface area contributed by atoms with Gasteiger partial charge in [-0.2, -0.15) is 0 Å². The lowest BCUT2D eigenvalue weighted by molar-refractivity contribution is 0.0497. The number of thiophene rings is 1. The highest BCUT2D eigenvalue weighted by molar-refractivity contribution is 7.51. The van der Waals surface area contributed by atoms with Gasteiger partial charge in [-0.1, -0.05) is 0 Å². The van der Waals surface area contributed by atoms with Crippen LogP contribution >= 0.6 is 30.5 Å². The average Bonchev–Trinajstić information content (AvgIpc) is 3.05. The lowest BCUT2D eigenvalue weighted by atomic mass is 10.2. The molecule has 0 bridgehead atoms. The summed E-state index contributed by atoms with van der Waals surface area (Å²) in [7, 11) is -4.18. The van der Waals surface area contributed by atoms with E-state index in [1.54, 1.807) is 25.1 Å². The van der Waals surface area contributed by atoms with Crippen LogP contribution in [0.5, 0.6) is 11.5 Å². The zero-order chi connectivity index (χ0) is 17.5. The predicted molar refractivity (Wildman–Crippen MR) is 89.4 cm³/mol. The molecule has 0 radical (unpaired) electrons. The Morgan fingerprint density at radius 3 is 2.67 bits per heavy atom. The molecule has 10 heteroatoms. The summed E-state index contributed by atoms with van der Waals surface area (Å²) in [6, 6.07) is 5.16. The predicted octanol–water partition coefficient (Wildman–Crippen LogP) is 2.96. The molecule has 2 N–H and O–H groups in total. The van der Waals surface area contributed by atoms with E-state index in [2.05, 4.69) is 0 Å². The van der Waals surface area contributed by atoms with Crippen molar-refractivity contribution in [3.8, 4) is 11.5 Å². The Hall–Kier alpha value is -1.31. The molecule has 1 aliphatic rings. The van der Waals surface area contributed by atoms with E-state index in [9.17, 15) is 9.36 Å². The topological polar surface area (TPSA) is 102 Å². The van der Waals surface area contributed by atoms with Crippen molar-refractivity contribution in [2.24, 2.45) is 0 Å². The Labute approximate surface area is 146 Å². The van der Waals surface area contributed by atoms with Crippen LogP contribution < -0.4 is 9.47 Å². The Morgan fingerprint density at radius 1 is 1.38 bits per heavy atom. The highest BCUT2D eigenvalue weighted by Gasteiger charge is 2.29. The molecule has 1 aromatic heterocycles. The van der Waals surface area contributed by atoms with Gasteiger partial charge in [-0.25, -0.2) is 4.79 Å². The van der Waals surface area contributed by atoms with Crippen LogP contribution in [0.3, 0.4) is 0 Å². The number of benzene rings is 1. The highest BCUT2D eigenvalue weighted by atomic mass is 35.5. The van der Waals surface area contributed by atoms with Crippen molar-refractivity contribution in [2.75, 3.05) is 12.8 Å². The van der Waals surface area contributed by atoms with Crippen molar-refractivity contribution in [1.29, 1.82) is 0 Å². The van der Waals surface area contributed by atoms with Crippen LogP contribution in [0.25, 0.3) is 10.1 Å². The molecule has 24 heavy (non-hydrogen) atoms. The standard InChI is InChI=1S/C14H14ClO7PS/c1-7(15)14-21-9-4-8-5-12(24-11(8)6-10(9)22-14)13(16)20-2-3-23(17,18)19/h4-7,14H,2-3H2,1H3,(H2,17,18,19). The van der Waals surface area contributed by atoms with Crippen molar-refractivity contribution in [1.82, 2.24) is 0 Å². The van der Waals surface area contributed by atoms with Gasteiger partial charge in [-0.05, 0) is 24.4 Å². The molecule has 0 fully saturated rings. The van der Waals surface area contributed by atoms with Crippen LogP contribution in [0.4, 0.5) is 0 Å². The summed E-state index contributed by atoms with van der Waals surface area (Å²) in [5.41, 5.74) is 0. The fraction of sp³-hybridized carbons (Fsp3) is 0.357. The van der Waals surface area contributed by atoms with Gasteiger partial charge in [0, 0.05) is 10.8 Å². The first-order valence-corrected chi connectivity index (χ1v) is 10.0. The smallest absolute Gasteiger partial charge is 0.348 e. The number of alkyl halides is 1. The molecule has 1 aromatic carbocycles. The van der Waals surface area contributed by atoms with Crippen LogP contribution in [-0.4, -0.2) is 40.2 Å². The van der Waals surface area contributed by atoms with Gasteiger partial charge in [0.25, 0.3) is 6.29 Å². The minimum Gasteiger partial charge on any atom is -0.461 e. The molecular formula is C14H14ClO7PS. The van der Waals surface area contributed by atoms with Crippen molar-refractivity contribution >= 4 is 46.6 Å². The maximum Gasteiger partial charge on any atom is 0.348 e. The summed E-state index contributed by atoms with van der Waals surface area (Å²) in [6.07, 6.45) is -1.05. The molecule has 3 rings (SSSR count). The van der Waals surface area contributed by atoms with Gasteiger partial charge in [0.05, 0.1) is 6.16 Å². The van der Waals surface area contributed by atoms with E-state index < -0.39 is 26.0 Å². The van der Waals surface area contributed by atoms with Crippen molar-refractivity contribution in [2.45, 2.75) is 18.6 Å². The van der Waals surface area contributed by atoms with Crippen LogP contribution in [0, 0.1) is 0 Å². The molecule has 0 aliphatic carbocycles. The molecule has 2 unspecified atom stereocenters. The molecule has 7 nitrogen and oxygen atoms in total. The SMILES string of the molecule is CC(Cl)C1Oc2cc3cc(C(=O)OCCP(=O)(O)O)sc3cc2O1. The number of esters is 1. The fourth-order valence-electron chi connectivity index (χ4n) is 2.12. The zero-order valence-corrected chi connectivity index (χ0v) is 14.9. The minimum atomic E-state index is -4.18. The number of ether oxygens (including phenoxy) is 3. The molecule has 2 atom stereocenters. The van der Waals surface area contributed by atoms with Gasteiger partial charge < -0.3 is 24.0 Å². The van der Waals surface area contributed by atoms with Crippen LogP contribution in [0.1, 0.15) is 16.6 Å². The quantitative estimate of drug-likeness (QED) is 0.458. The third-order valence-electron chi connectivity index (χ3n) is 3.26. The van der Waals surface area contributed by atoms with E-state index in [0.29, 0.717) is 16.4 Å². The maximum atomic E-state index is 12.0. The van der Waals surface area contributed by atoms with Crippen molar-refractivity contribution in [3.05, 3.63) is 23.1 Å². The summed E-state index contributed by atoms with van der Waals surface area (Å²) in [5.74, 6) is 0.487. The minimum absolute atomic E-state index is 0.310. The van der Waals surface area contributed by atoms with Gasteiger partial charge in [0.15, 0.2) is 11.5 Å². The molecule has 2 aromatic rings. The van der Waals surface area contributed by atoms with E-state index in [4.69, 9.17) is 35.6 Å². The lowest BCUT2D eigenvalue weighted by Gasteiger charge is -2.11. The number of carbonyl (C=O) groups is 1. The van der Waals surface area contributed by atoms with Gasteiger partial charge in [0.1, 0.15) is 16.9 Å². The van der Waals surface area contributed by atoms with E-state index >= 15 is 0 Å². The summed E-state index contributed by atoms with van der Waals surface area (Å²) in [5, 5.41) is 0.474. The van der Waals surface area contributed by atoms with E-state index in [1.807, 2.05) is 0 Å². The van der Waals surface area contributed by atoms with Crippen molar-refractivity contribution in [3.63, 3.8) is 0 Å². The molecule has 2 heterocycles. The Balaban J connectivity index is 1.74. The number of rotatable bonds is 5. The molecule has 0 spiro atoms. The number of fused-ring (bicyclic) bond motifs is 2. The fourth-order valence-corrected chi connectivity index (χ4v) is 3.52. The third kappa shape index (κ3) is 3.84. The molecule has 0 saturated carbocycles. The summed E-state index contributed by atoms with van der Waals surface area (Å²) < 4.78 is 27.6. The average molecular weight is 393 g/mol. The number of hydrogen-bond acceptors (Lipinski definition) is 6. The monoisotopic (exact) mass is 392 g/mol. The van der Waals surface area contributed by atoms with Crippen molar-refractivity contribution < 1.29 is 33.4 Å². The van der Waals surface area contributed by atoms with E-state index in [1.165, 1.54) is 11.3 Å². The highest BCUT2D eigenvalue weighted by Crippen LogP contribution is 2.42. The molecule has 0 amide bonds. The first-order valence-electron chi connectivity index (χ1n) is 6.99. The molecule has 130 valence electrons. The molecule has 0 saturated heterocycles. The Bertz CT molecular complexity index is 785.